The molecule has 2 aromatic carbocycles. The van der Waals surface area contributed by atoms with Crippen LogP contribution < -0.4 is 10.2 Å². The summed E-state index contributed by atoms with van der Waals surface area (Å²) in [5, 5.41) is 4.50. The minimum Gasteiger partial charge on any atom is -0.307 e. The molecule has 1 atom stereocenters. The third-order valence-electron chi connectivity index (χ3n) is 3.88. The molecule has 0 aromatic heterocycles. The molecule has 130 valence electrons. The number of carbonyl (C=O) groups is 1. The van der Waals surface area contributed by atoms with E-state index in [1.807, 2.05) is 61.5 Å². The number of rotatable bonds is 3. The number of nitrogens with one attached hydrogen (secondary N) is 1. The Balaban J connectivity index is 1.89. The lowest BCUT2D eigenvalue weighted by molar-refractivity contribution is 0.259. The van der Waals surface area contributed by atoms with Gasteiger partial charge in [-0.05, 0) is 38.1 Å². The van der Waals surface area contributed by atoms with Gasteiger partial charge in [0.25, 0.3) is 0 Å². The Bertz CT molecular complexity index is 779. The SMILES string of the molecule is Cc1ccc(N(C(=O)Nc2ccccc2)C2=NCC(C)(CBr)S2)cc1. The van der Waals surface area contributed by atoms with Gasteiger partial charge in [-0.1, -0.05) is 63.6 Å². The standard InChI is InChI=1S/C19H20BrN3OS/c1-14-8-10-16(11-9-14)23(18-21-13-19(2,12-20)25-18)17(24)22-15-6-4-3-5-7-15/h3-11H,12-13H2,1-2H3,(H,22,24). The predicted molar refractivity (Wildman–Crippen MR) is 111 cm³/mol. The van der Waals surface area contributed by atoms with E-state index in [1.54, 1.807) is 16.7 Å². The number of halogens is 1. The molecule has 0 fully saturated rings. The number of para-hydroxylation sites is 1. The molecule has 6 heteroatoms. The Labute approximate surface area is 160 Å². The van der Waals surface area contributed by atoms with Crippen molar-refractivity contribution in [1.29, 1.82) is 0 Å². The van der Waals surface area contributed by atoms with Gasteiger partial charge in [0, 0.05) is 11.0 Å². The van der Waals surface area contributed by atoms with Crippen molar-refractivity contribution in [1.82, 2.24) is 0 Å². The number of aryl methyl sites for hydroxylation is 1. The maximum Gasteiger partial charge on any atom is 0.332 e. The van der Waals surface area contributed by atoms with E-state index in [9.17, 15) is 4.79 Å². The Morgan fingerprint density at radius 3 is 2.52 bits per heavy atom. The van der Waals surface area contributed by atoms with Crippen LogP contribution in [-0.2, 0) is 0 Å². The first-order valence-corrected chi connectivity index (χ1v) is 9.97. The maximum atomic E-state index is 13.0. The number of benzene rings is 2. The van der Waals surface area contributed by atoms with Crippen molar-refractivity contribution in [2.45, 2.75) is 18.6 Å². The lowest BCUT2D eigenvalue weighted by Crippen LogP contribution is -2.39. The second-order valence-electron chi connectivity index (χ2n) is 6.25. The van der Waals surface area contributed by atoms with Gasteiger partial charge in [-0.25, -0.2) is 9.69 Å². The molecule has 1 aliphatic heterocycles. The second kappa shape index (κ2) is 7.62. The fourth-order valence-corrected chi connectivity index (χ4v) is 3.97. The summed E-state index contributed by atoms with van der Waals surface area (Å²) in [6, 6.07) is 17.2. The normalized spacial score (nSPS) is 19.4. The van der Waals surface area contributed by atoms with Crippen molar-refractivity contribution in [3.8, 4) is 0 Å². The molecule has 1 unspecified atom stereocenters. The molecule has 1 N–H and O–H groups in total. The molecule has 2 aromatic rings. The zero-order valence-corrected chi connectivity index (χ0v) is 16.6. The Morgan fingerprint density at radius 2 is 1.92 bits per heavy atom. The smallest absolute Gasteiger partial charge is 0.307 e. The van der Waals surface area contributed by atoms with Crippen LogP contribution in [0.4, 0.5) is 16.2 Å². The van der Waals surface area contributed by atoms with Gasteiger partial charge in [-0.2, -0.15) is 0 Å². The van der Waals surface area contributed by atoms with Crippen molar-refractivity contribution >= 4 is 50.3 Å². The number of anilines is 2. The van der Waals surface area contributed by atoms with E-state index in [0.29, 0.717) is 6.54 Å². The van der Waals surface area contributed by atoms with Gasteiger partial charge in [0.1, 0.15) is 0 Å². The van der Waals surface area contributed by atoms with Gasteiger partial charge in [-0.3, -0.25) is 4.99 Å². The van der Waals surface area contributed by atoms with E-state index < -0.39 is 0 Å². The van der Waals surface area contributed by atoms with Gasteiger partial charge >= 0.3 is 6.03 Å². The highest BCUT2D eigenvalue weighted by molar-refractivity contribution is 9.09. The molecule has 1 heterocycles. The van der Waals surface area contributed by atoms with Crippen LogP contribution in [0.3, 0.4) is 0 Å². The number of hydrogen-bond donors (Lipinski definition) is 1. The molecule has 4 nitrogen and oxygen atoms in total. The molecule has 0 saturated heterocycles. The predicted octanol–water partition coefficient (Wildman–Crippen LogP) is 5.29. The van der Waals surface area contributed by atoms with Crippen LogP contribution in [0, 0.1) is 6.92 Å². The summed E-state index contributed by atoms with van der Waals surface area (Å²) in [7, 11) is 0. The summed E-state index contributed by atoms with van der Waals surface area (Å²) in [5.74, 6) is 0. The van der Waals surface area contributed by atoms with E-state index in [2.05, 4.69) is 33.2 Å². The first-order valence-electron chi connectivity index (χ1n) is 8.03. The van der Waals surface area contributed by atoms with Gasteiger partial charge in [-0.15, -0.1) is 0 Å². The summed E-state index contributed by atoms with van der Waals surface area (Å²) in [4.78, 5) is 19.3. The van der Waals surface area contributed by atoms with Crippen molar-refractivity contribution in [3.05, 3.63) is 60.2 Å². The van der Waals surface area contributed by atoms with Crippen LogP contribution in [0.2, 0.25) is 0 Å². The quantitative estimate of drug-likeness (QED) is 0.689. The number of thioether (sulfide) groups is 1. The minimum atomic E-state index is -0.208. The number of amides is 2. The van der Waals surface area contributed by atoms with Gasteiger partial charge < -0.3 is 5.32 Å². The van der Waals surface area contributed by atoms with Gasteiger partial charge in [0.05, 0.1) is 17.0 Å². The largest absolute Gasteiger partial charge is 0.332 e. The Kier molecular flexibility index (Phi) is 5.49. The van der Waals surface area contributed by atoms with Crippen LogP contribution in [0.1, 0.15) is 12.5 Å². The molecule has 3 rings (SSSR count). The topological polar surface area (TPSA) is 44.7 Å². The van der Waals surface area contributed by atoms with Gasteiger partial charge in [0.15, 0.2) is 5.17 Å². The summed E-state index contributed by atoms with van der Waals surface area (Å²) in [6.45, 7) is 4.85. The number of hydrogen-bond acceptors (Lipinski definition) is 3. The zero-order valence-electron chi connectivity index (χ0n) is 14.2. The highest BCUT2D eigenvalue weighted by Crippen LogP contribution is 2.37. The van der Waals surface area contributed by atoms with Crippen LogP contribution in [-0.4, -0.2) is 27.8 Å². The first kappa shape index (κ1) is 18.0. The summed E-state index contributed by atoms with van der Waals surface area (Å²) >= 11 is 5.18. The molecule has 0 radical (unpaired) electrons. The third kappa shape index (κ3) is 4.25. The average molecular weight is 418 g/mol. The number of carbonyl (C=O) groups excluding carboxylic acids is 1. The average Bonchev–Trinajstić information content (AvgIpc) is 3.00. The minimum absolute atomic E-state index is 0.0364. The van der Waals surface area contributed by atoms with E-state index in [1.165, 1.54) is 0 Å². The second-order valence-corrected chi connectivity index (χ2v) is 8.37. The van der Waals surface area contributed by atoms with Crippen LogP contribution in [0.15, 0.2) is 59.6 Å². The number of urea groups is 1. The first-order chi connectivity index (χ1) is 12.0. The zero-order chi connectivity index (χ0) is 17.9. The fourth-order valence-electron chi connectivity index (χ4n) is 2.41. The molecule has 25 heavy (non-hydrogen) atoms. The van der Waals surface area contributed by atoms with Gasteiger partial charge in [0.2, 0.25) is 0 Å². The molecule has 0 spiro atoms. The van der Waals surface area contributed by atoms with Crippen LogP contribution in [0.5, 0.6) is 0 Å². The van der Waals surface area contributed by atoms with E-state index in [4.69, 9.17) is 0 Å². The summed E-state index contributed by atoms with van der Waals surface area (Å²) in [6.07, 6.45) is 0. The molecule has 0 bridgehead atoms. The van der Waals surface area contributed by atoms with Crippen molar-refractivity contribution in [3.63, 3.8) is 0 Å². The summed E-state index contributed by atoms with van der Waals surface area (Å²) < 4.78 is -0.0364. The molecule has 0 saturated carbocycles. The van der Waals surface area contributed by atoms with E-state index in [-0.39, 0.29) is 10.8 Å². The van der Waals surface area contributed by atoms with Crippen LogP contribution in [0.25, 0.3) is 0 Å². The molecule has 1 aliphatic rings. The Morgan fingerprint density at radius 1 is 1.24 bits per heavy atom. The highest BCUT2D eigenvalue weighted by Gasteiger charge is 2.36. The van der Waals surface area contributed by atoms with Crippen molar-refractivity contribution in [2.24, 2.45) is 4.99 Å². The highest BCUT2D eigenvalue weighted by atomic mass is 79.9. The summed E-state index contributed by atoms with van der Waals surface area (Å²) in [5.41, 5.74) is 2.72. The van der Waals surface area contributed by atoms with Crippen LogP contribution >= 0.6 is 27.7 Å². The molecule has 2 amide bonds. The van der Waals surface area contributed by atoms with E-state index >= 15 is 0 Å². The maximum absolute atomic E-state index is 13.0. The van der Waals surface area contributed by atoms with Crippen molar-refractivity contribution in [2.75, 3.05) is 22.1 Å². The molecular weight excluding hydrogens is 398 g/mol. The van der Waals surface area contributed by atoms with Crippen molar-refractivity contribution < 1.29 is 4.79 Å². The molecule has 0 aliphatic carbocycles. The number of nitrogens with zero attached hydrogens (tertiary/aromatic N) is 2. The lowest BCUT2D eigenvalue weighted by atomic mass is 10.2. The lowest BCUT2D eigenvalue weighted by Gasteiger charge is -2.25. The molecular formula is C19H20BrN3OS. The number of aliphatic imine (C=N–C) groups is 1. The monoisotopic (exact) mass is 417 g/mol. The third-order valence-corrected chi connectivity index (χ3v) is 6.75. The fraction of sp³-hybridized carbons (Fsp3) is 0.263. The van der Waals surface area contributed by atoms with E-state index in [0.717, 1.165) is 27.4 Å². The Hall–Kier alpha value is -1.79. The number of alkyl halides is 1. The number of amidine groups is 1.